The molecule has 0 spiro atoms. The highest BCUT2D eigenvalue weighted by Crippen LogP contribution is 2.21. The summed E-state index contributed by atoms with van der Waals surface area (Å²) in [5, 5.41) is 13.1. The Morgan fingerprint density at radius 2 is 2.25 bits per heavy atom. The summed E-state index contributed by atoms with van der Waals surface area (Å²) >= 11 is 0. The average molecular weight is 218 g/mol. The van der Waals surface area contributed by atoms with Gasteiger partial charge in [-0.25, -0.2) is 4.79 Å². The number of aromatic carboxylic acids is 1. The van der Waals surface area contributed by atoms with Gasteiger partial charge in [-0.05, 0) is 24.7 Å². The Morgan fingerprint density at radius 3 is 2.88 bits per heavy atom. The number of hydrogen-bond donors (Lipinski definition) is 2. The fraction of sp³-hybridized carbons (Fsp3) is 0.250. The molecule has 0 aliphatic rings. The lowest BCUT2D eigenvalue weighted by molar-refractivity contribution is 0.0697. The summed E-state index contributed by atoms with van der Waals surface area (Å²) in [4.78, 5) is 10.9. The summed E-state index contributed by atoms with van der Waals surface area (Å²) in [5.74, 6) is -0.890. The number of carbonyl (C=O) groups is 1. The Kier molecular flexibility index (Phi) is 2.66. The van der Waals surface area contributed by atoms with Crippen LogP contribution in [-0.4, -0.2) is 22.7 Å². The van der Waals surface area contributed by atoms with Crippen LogP contribution < -0.4 is 5.32 Å². The highest BCUT2D eigenvalue weighted by atomic mass is 16.4. The zero-order chi connectivity index (χ0) is 11.7. The molecule has 0 fully saturated rings. The summed E-state index contributed by atoms with van der Waals surface area (Å²) in [6.45, 7) is 0.782. The summed E-state index contributed by atoms with van der Waals surface area (Å²) in [6.07, 6.45) is 2.02. The van der Waals surface area contributed by atoms with Crippen LogP contribution in [0.25, 0.3) is 10.9 Å². The SMILES string of the molecule is CNCc1cn(C)c2cc(C(=O)O)ccc12. The molecule has 0 unspecified atom stereocenters. The molecule has 1 aromatic carbocycles. The van der Waals surface area contributed by atoms with E-state index in [0.29, 0.717) is 5.56 Å². The Hall–Kier alpha value is -1.81. The van der Waals surface area contributed by atoms with E-state index in [-0.39, 0.29) is 0 Å². The monoisotopic (exact) mass is 218 g/mol. The molecule has 0 atom stereocenters. The Balaban J connectivity index is 2.61. The summed E-state index contributed by atoms with van der Waals surface area (Å²) in [6, 6.07) is 5.21. The molecule has 2 rings (SSSR count). The Labute approximate surface area is 93.5 Å². The number of nitrogens with one attached hydrogen (secondary N) is 1. The molecule has 0 aliphatic heterocycles. The van der Waals surface area contributed by atoms with Crippen LogP contribution in [0.3, 0.4) is 0 Å². The molecule has 0 amide bonds. The highest BCUT2D eigenvalue weighted by molar-refractivity contribution is 5.94. The van der Waals surface area contributed by atoms with Gasteiger partial charge in [0.25, 0.3) is 0 Å². The van der Waals surface area contributed by atoms with Crippen molar-refractivity contribution in [2.75, 3.05) is 7.05 Å². The Morgan fingerprint density at radius 1 is 1.50 bits per heavy atom. The first-order chi connectivity index (χ1) is 7.63. The number of aryl methyl sites for hydroxylation is 1. The zero-order valence-electron chi connectivity index (χ0n) is 9.32. The first-order valence-corrected chi connectivity index (χ1v) is 5.09. The van der Waals surface area contributed by atoms with Gasteiger partial charge in [-0.15, -0.1) is 0 Å². The van der Waals surface area contributed by atoms with E-state index in [2.05, 4.69) is 5.32 Å². The van der Waals surface area contributed by atoms with Crippen molar-refractivity contribution < 1.29 is 9.90 Å². The fourth-order valence-electron chi connectivity index (χ4n) is 1.93. The molecule has 0 aliphatic carbocycles. The first-order valence-electron chi connectivity index (χ1n) is 5.09. The van der Waals surface area contributed by atoms with Crippen LogP contribution in [0.5, 0.6) is 0 Å². The predicted molar refractivity (Wildman–Crippen MR) is 62.6 cm³/mol. The van der Waals surface area contributed by atoms with Crippen LogP contribution in [0, 0.1) is 0 Å². The molecule has 2 aromatic rings. The normalized spacial score (nSPS) is 10.9. The lowest BCUT2D eigenvalue weighted by Crippen LogP contribution is -2.04. The van der Waals surface area contributed by atoms with Crippen LogP contribution in [0.2, 0.25) is 0 Å². The van der Waals surface area contributed by atoms with Crippen molar-refractivity contribution >= 4 is 16.9 Å². The maximum absolute atomic E-state index is 10.9. The molecule has 4 nitrogen and oxygen atoms in total. The zero-order valence-corrected chi connectivity index (χ0v) is 9.32. The van der Waals surface area contributed by atoms with Gasteiger partial charge in [0.1, 0.15) is 0 Å². The molecular weight excluding hydrogens is 204 g/mol. The lowest BCUT2D eigenvalue weighted by Gasteiger charge is -1.99. The number of carboxylic acids is 1. The van der Waals surface area contributed by atoms with Gasteiger partial charge in [0.05, 0.1) is 5.56 Å². The van der Waals surface area contributed by atoms with Crippen LogP contribution in [0.4, 0.5) is 0 Å². The quantitative estimate of drug-likeness (QED) is 0.822. The van der Waals surface area contributed by atoms with Crippen molar-refractivity contribution in [2.24, 2.45) is 7.05 Å². The fourth-order valence-corrected chi connectivity index (χ4v) is 1.93. The smallest absolute Gasteiger partial charge is 0.335 e. The number of fused-ring (bicyclic) bond motifs is 1. The number of aromatic nitrogens is 1. The van der Waals surface area contributed by atoms with Gasteiger partial charge in [0.2, 0.25) is 0 Å². The molecule has 1 heterocycles. The van der Waals surface area contributed by atoms with Gasteiger partial charge in [-0.3, -0.25) is 0 Å². The van der Waals surface area contributed by atoms with Crippen LogP contribution >= 0.6 is 0 Å². The number of nitrogens with zero attached hydrogens (tertiary/aromatic N) is 1. The topological polar surface area (TPSA) is 54.3 Å². The third kappa shape index (κ3) is 1.67. The van der Waals surface area contributed by atoms with Crippen molar-refractivity contribution in [3.63, 3.8) is 0 Å². The molecule has 0 saturated heterocycles. The Bertz CT molecular complexity index is 543. The van der Waals surface area contributed by atoms with Gasteiger partial charge in [-0.1, -0.05) is 6.07 Å². The van der Waals surface area contributed by atoms with Crippen molar-refractivity contribution in [1.82, 2.24) is 9.88 Å². The summed E-state index contributed by atoms with van der Waals surface area (Å²) < 4.78 is 1.95. The number of rotatable bonds is 3. The van der Waals surface area contributed by atoms with Gasteiger partial charge in [0.15, 0.2) is 0 Å². The van der Waals surface area contributed by atoms with E-state index >= 15 is 0 Å². The van der Waals surface area contributed by atoms with E-state index in [9.17, 15) is 4.79 Å². The van der Waals surface area contributed by atoms with E-state index in [0.717, 1.165) is 17.4 Å². The molecule has 84 valence electrons. The standard InChI is InChI=1S/C12H14N2O2/c1-13-6-9-7-14(2)11-5-8(12(15)16)3-4-10(9)11/h3-5,7,13H,6H2,1-2H3,(H,15,16). The minimum absolute atomic E-state index is 0.324. The summed E-state index contributed by atoms with van der Waals surface area (Å²) in [7, 11) is 3.82. The third-order valence-corrected chi connectivity index (χ3v) is 2.69. The second kappa shape index (κ2) is 3.98. The average Bonchev–Trinajstić information content (AvgIpc) is 2.56. The lowest BCUT2D eigenvalue weighted by atomic mass is 10.1. The molecular formula is C12H14N2O2. The van der Waals surface area contributed by atoms with Crippen molar-refractivity contribution in [1.29, 1.82) is 0 Å². The van der Waals surface area contributed by atoms with Crippen LogP contribution in [-0.2, 0) is 13.6 Å². The van der Waals surface area contributed by atoms with E-state index in [1.54, 1.807) is 12.1 Å². The van der Waals surface area contributed by atoms with Gasteiger partial charge in [0, 0.05) is 30.7 Å². The van der Waals surface area contributed by atoms with E-state index in [4.69, 9.17) is 5.11 Å². The van der Waals surface area contributed by atoms with Crippen molar-refractivity contribution in [3.8, 4) is 0 Å². The number of hydrogen-bond acceptors (Lipinski definition) is 2. The maximum atomic E-state index is 10.9. The molecule has 0 saturated carbocycles. The number of carboxylic acid groups (broad SMARTS) is 1. The molecule has 4 heteroatoms. The van der Waals surface area contributed by atoms with Crippen molar-refractivity contribution in [3.05, 3.63) is 35.5 Å². The van der Waals surface area contributed by atoms with Crippen molar-refractivity contribution in [2.45, 2.75) is 6.54 Å². The molecule has 1 aromatic heterocycles. The number of benzene rings is 1. The first kappa shape index (κ1) is 10.7. The molecule has 0 radical (unpaired) electrons. The molecule has 0 bridgehead atoms. The minimum Gasteiger partial charge on any atom is -0.478 e. The third-order valence-electron chi connectivity index (χ3n) is 2.69. The van der Waals surface area contributed by atoms with Crippen LogP contribution in [0.1, 0.15) is 15.9 Å². The second-order valence-corrected chi connectivity index (χ2v) is 3.83. The second-order valence-electron chi connectivity index (χ2n) is 3.83. The highest BCUT2D eigenvalue weighted by Gasteiger charge is 2.09. The minimum atomic E-state index is -0.890. The van der Waals surface area contributed by atoms with E-state index in [1.807, 2.05) is 30.9 Å². The van der Waals surface area contributed by atoms with E-state index in [1.165, 1.54) is 5.56 Å². The molecule has 2 N–H and O–H groups in total. The largest absolute Gasteiger partial charge is 0.478 e. The maximum Gasteiger partial charge on any atom is 0.335 e. The van der Waals surface area contributed by atoms with Gasteiger partial charge in [-0.2, -0.15) is 0 Å². The summed E-state index contributed by atoms with van der Waals surface area (Å²) in [5.41, 5.74) is 2.45. The molecule has 16 heavy (non-hydrogen) atoms. The van der Waals surface area contributed by atoms with Gasteiger partial charge < -0.3 is 15.0 Å². The predicted octanol–water partition coefficient (Wildman–Crippen LogP) is 1.60. The van der Waals surface area contributed by atoms with E-state index < -0.39 is 5.97 Å². The van der Waals surface area contributed by atoms with Crippen LogP contribution in [0.15, 0.2) is 24.4 Å². The van der Waals surface area contributed by atoms with Gasteiger partial charge >= 0.3 is 5.97 Å².